The number of urea groups is 1. The van der Waals surface area contributed by atoms with Crippen LogP contribution in [0.5, 0.6) is 0 Å². The number of nitrogens with zero attached hydrogens (tertiary/aromatic N) is 2. The van der Waals surface area contributed by atoms with Crippen molar-refractivity contribution >= 4 is 11.7 Å². The van der Waals surface area contributed by atoms with Crippen molar-refractivity contribution in [2.45, 2.75) is 56.5 Å². The normalized spacial score (nSPS) is 19.2. The van der Waals surface area contributed by atoms with E-state index in [0.29, 0.717) is 30.1 Å². The summed E-state index contributed by atoms with van der Waals surface area (Å²) in [7, 11) is 0. The third kappa shape index (κ3) is 3.18. The molecule has 2 fully saturated rings. The van der Waals surface area contributed by atoms with Crippen molar-refractivity contribution in [1.29, 1.82) is 0 Å². The fourth-order valence-electron chi connectivity index (χ4n) is 3.95. The molecule has 5 nitrogen and oxygen atoms in total. The van der Waals surface area contributed by atoms with Gasteiger partial charge in [-0.05, 0) is 38.2 Å². The number of rotatable bonds is 4. The van der Waals surface area contributed by atoms with E-state index in [9.17, 15) is 13.6 Å². The fraction of sp³-hybridized carbons (Fsp3) is 0.474. The van der Waals surface area contributed by atoms with Crippen molar-refractivity contribution < 1.29 is 13.6 Å². The van der Waals surface area contributed by atoms with Crippen LogP contribution in [0, 0.1) is 11.6 Å². The van der Waals surface area contributed by atoms with E-state index in [1.54, 1.807) is 6.20 Å². The van der Waals surface area contributed by atoms with Crippen LogP contribution in [0.1, 0.15) is 56.6 Å². The van der Waals surface area contributed by atoms with Crippen LogP contribution in [0.15, 0.2) is 30.6 Å². The molecule has 0 bridgehead atoms. The highest BCUT2D eigenvalue weighted by molar-refractivity contribution is 5.89. The lowest BCUT2D eigenvalue weighted by molar-refractivity contribution is 0.235. The van der Waals surface area contributed by atoms with Crippen LogP contribution < -0.4 is 10.6 Å². The van der Waals surface area contributed by atoms with Crippen LogP contribution in [0.2, 0.25) is 0 Å². The van der Waals surface area contributed by atoms with Crippen LogP contribution in [-0.4, -0.2) is 15.8 Å². The van der Waals surface area contributed by atoms with Gasteiger partial charge in [0.1, 0.15) is 11.6 Å². The molecule has 1 aromatic heterocycles. The number of amides is 2. The van der Waals surface area contributed by atoms with Crippen molar-refractivity contribution in [3.8, 4) is 0 Å². The largest absolute Gasteiger partial charge is 0.328 e. The van der Waals surface area contributed by atoms with E-state index < -0.39 is 23.2 Å². The maximum Gasteiger partial charge on any atom is 0.320 e. The molecule has 0 saturated heterocycles. The summed E-state index contributed by atoms with van der Waals surface area (Å²) >= 11 is 0. The quantitative estimate of drug-likeness (QED) is 0.845. The molecule has 0 atom stereocenters. The zero-order chi connectivity index (χ0) is 18.1. The van der Waals surface area contributed by atoms with Gasteiger partial charge in [-0.3, -0.25) is 4.68 Å². The van der Waals surface area contributed by atoms with Gasteiger partial charge >= 0.3 is 6.03 Å². The van der Waals surface area contributed by atoms with Gasteiger partial charge in [0, 0.05) is 17.8 Å². The number of aromatic nitrogens is 2. The second kappa shape index (κ2) is 6.70. The lowest BCUT2D eigenvalue weighted by Gasteiger charge is -2.31. The predicted octanol–water partition coefficient (Wildman–Crippen LogP) is 4.48. The minimum absolute atomic E-state index is 0.344. The summed E-state index contributed by atoms with van der Waals surface area (Å²) in [6.45, 7) is 0. The molecule has 0 aliphatic heterocycles. The molecule has 4 rings (SSSR count). The van der Waals surface area contributed by atoms with E-state index >= 15 is 0 Å². The summed E-state index contributed by atoms with van der Waals surface area (Å²) in [6.07, 6.45) is 9.91. The number of halogens is 2. The third-order valence-electron chi connectivity index (χ3n) is 5.56. The Labute approximate surface area is 150 Å². The second-order valence-corrected chi connectivity index (χ2v) is 7.29. The lowest BCUT2D eigenvalue weighted by Crippen LogP contribution is -2.46. The van der Waals surface area contributed by atoms with Crippen molar-refractivity contribution in [3.05, 3.63) is 47.8 Å². The van der Waals surface area contributed by atoms with Crippen molar-refractivity contribution in [3.63, 3.8) is 0 Å². The Kier molecular flexibility index (Phi) is 4.38. The van der Waals surface area contributed by atoms with Gasteiger partial charge in [-0.15, -0.1) is 0 Å². The molecule has 0 spiro atoms. The molecule has 138 valence electrons. The Morgan fingerprint density at radius 3 is 2.62 bits per heavy atom. The van der Waals surface area contributed by atoms with E-state index in [1.165, 1.54) is 18.6 Å². The zero-order valence-electron chi connectivity index (χ0n) is 14.5. The molecular weight excluding hydrogens is 338 g/mol. The number of nitrogens with one attached hydrogen (secondary N) is 2. The monoisotopic (exact) mass is 360 g/mol. The van der Waals surface area contributed by atoms with Gasteiger partial charge < -0.3 is 10.6 Å². The third-order valence-corrected chi connectivity index (χ3v) is 5.56. The topological polar surface area (TPSA) is 59.0 Å². The SMILES string of the molecule is O=C(Nc1cnn(C2CCC2)c1)NC1(c2ccc(F)cc2F)CCCC1. The highest BCUT2D eigenvalue weighted by Crippen LogP contribution is 2.40. The van der Waals surface area contributed by atoms with Crippen molar-refractivity contribution in [2.75, 3.05) is 5.32 Å². The van der Waals surface area contributed by atoms with E-state index in [-0.39, 0.29) is 0 Å². The Morgan fingerprint density at radius 1 is 1.19 bits per heavy atom. The minimum atomic E-state index is -0.800. The smallest absolute Gasteiger partial charge is 0.320 e. The highest BCUT2D eigenvalue weighted by Gasteiger charge is 2.39. The van der Waals surface area contributed by atoms with Crippen molar-refractivity contribution in [2.24, 2.45) is 0 Å². The van der Waals surface area contributed by atoms with E-state index in [1.807, 2.05) is 10.9 Å². The van der Waals surface area contributed by atoms with Crippen LogP contribution in [0.3, 0.4) is 0 Å². The van der Waals surface area contributed by atoms with Crippen molar-refractivity contribution in [1.82, 2.24) is 15.1 Å². The number of hydrogen-bond donors (Lipinski definition) is 2. The molecule has 2 saturated carbocycles. The van der Waals surface area contributed by atoms with Gasteiger partial charge in [-0.2, -0.15) is 5.10 Å². The summed E-state index contributed by atoms with van der Waals surface area (Å²) in [6, 6.07) is 3.57. The predicted molar refractivity (Wildman–Crippen MR) is 93.8 cm³/mol. The summed E-state index contributed by atoms with van der Waals surface area (Å²) in [5.41, 5.74) is 0.157. The standard InChI is InChI=1S/C19H22F2N4O/c20-13-6-7-16(17(21)10-13)19(8-1-2-9-19)24-18(26)23-14-11-22-25(12-14)15-4-3-5-15/h6-7,10-12,15H,1-5,8-9H2,(H2,23,24,26). The van der Waals surface area contributed by atoms with E-state index in [4.69, 9.17) is 0 Å². The molecule has 2 aromatic rings. The molecule has 2 N–H and O–H groups in total. The van der Waals surface area contributed by atoms with Gasteiger partial charge in [-0.25, -0.2) is 13.6 Å². The Bertz CT molecular complexity index is 810. The van der Waals surface area contributed by atoms with Crippen LogP contribution in [-0.2, 0) is 5.54 Å². The van der Waals surface area contributed by atoms with Gasteiger partial charge in [0.25, 0.3) is 0 Å². The number of benzene rings is 1. The van der Waals surface area contributed by atoms with E-state index in [2.05, 4.69) is 15.7 Å². The molecule has 1 heterocycles. The first kappa shape index (κ1) is 17.0. The van der Waals surface area contributed by atoms with Gasteiger partial charge in [0.2, 0.25) is 0 Å². The summed E-state index contributed by atoms with van der Waals surface area (Å²) < 4.78 is 29.5. The van der Waals surface area contributed by atoms with Crippen LogP contribution in [0.25, 0.3) is 0 Å². The Hall–Kier alpha value is -2.44. The van der Waals surface area contributed by atoms with Gasteiger partial charge in [0.15, 0.2) is 0 Å². The molecule has 2 aliphatic carbocycles. The molecule has 0 radical (unpaired) electrons. The second-order valence-electron chi connectivity index (χ2n) is 7.29. The minimum Gasteiger partial charge on any atom is -0.328 e. The number of anilines is 1. The van der Waals surface area contributed by atoms with Gasteiger partial charge in [0.05, 0.1) is 23.5 Å². The lowest BCUT2D eigenvalue weighted by atomic mass is 9.87. The summed E-state index contributed by atoms with van der Waals surface area (Å²) in [5, 5.41) is 10.0. The molecule has 0 unspecified atom stereocenters. The molecule has 26 heavy (non-hydrogen) atoms. The Balaban J connectivity index is 1.49. The molecule has 7 heteroatoms. The van der Waals surface area contributed by atoms with E-state index in [0.717, 1.165) is 31.7 Å². The highest BCUT2D eigenvalue weighted by atomic mass is 19.1. The molecule has 1 aromatic carbocycles. The average Bonchev–Trinajstić information content (AvgIpc) is 3.16. The number of carbonyl (C=O) groups excluding carboxylic acids is 1. The van der Waals surface area contributed by atoms with Gasteiger partial charge in [-0.1, -0.05) is 18.9 Å². The first-order valence-electron chi connectivity index (χ1n) is 9.15. The average molecular weight is 360 g/mol. The summed E-state index contributed by atoms with van der Waals surface area (Å²) in [5.74, 6) is -1.24. The maximum atomic E-state index is 14.3. The van der Waals surface area contributed by atoms with Crippen LogP contribution in [0.4, 0.5) is 19.3 Å². The fourth-order valence-corrected chi connectivity index (χ4v) is 3.95. The number of carbonyl (C=O) groups is 1. The zero-order valence-corrected chi connectivity index (χ0v) is 14.5. The first-order chi connectivity index (χ1) is 12.6. The first-order valence-corrected chi connectivity index (χ1v) is 9.15. The summed E-state index contributed by atoms with van der Waals surface area (Å²) in [4.78, 5) is 12.5. The van der Waals surface area contributed by atoms with Crippen LogP contribution >= 0.6 is 0 Å². The number of hydrogen-bond acceptors (Lipinski definition) is 2. The maximum absolute atomic E-state index is 14.3. The Morgan fingerprint density at radius 2 is 1.96 bits per heavy atom. The molecule has 2 amide bonds. The molecular formula is C19H22F2N4O. The molecule has 2 aliphatic rings.